The van der Waals surface area contributed by atoms with Crippen molar-refractivity contribution in [3.63, 3.8) is 0 Å². The molecule has 0 fully saturated rings. The van der Waals surface area contributed by atoms with Gasteiger partial charge in [0.15, 0.2) is 0 Å². The van der Waals surface area contributed by atoms with Crippen LogP contribution in [0.1, 0.15) is 10.6 Å². The number of anilines is 1. The fourth-order valence-electron chi connectivity index (χ4n) is 1.31. The van der Waals surface area contributed by atoms with Crippen molar-refractivity contribution in [3.8, 4) is 0 Å². The Bertz CT molecular complexity index is 539. The second-order valence-corrected chi connectivity index (χ2v) is 5.73. The van der Waals surface area contributed by atoms with Crippen LogP contribution >= 0.6 is 39.5 Å². The third kappa shape index (κ3) is 3.49. The van der Waals surface area contributed by atoms with Crippen LogP contribution < -0.4 is 11.1 Å². The van der Waals surface area contributed by atoms with E-state index in [0.29, 0.717) is 10.7 Å². The van der Waals surface area contributed by atoms with E-state index in [9.17, 15) is 0 Å². The first-order chi connectivity index (χ1) is 8.15. The van der Waals surface area contributed by atoms with E-state index >= 15 is 0 Å². The minimum absolute atomic E-state index is 0.313. The minimum atomic E-state index is 0.313. The molecule has 2 rings (SSSR count). The van der Waals surface area contributed by atoms with Crippen molar-refractivity contribution in [2.45, 2.75) is 6.54 Å². The molecule has 0 aliphatic carbocycles. The Morgan fingerprint density at radius 3 is 3.00 bits per heavy atom. The second-order valence-electron chi connectivity index (χ2n) is 3.38. The lowest BCUT2D eigenvalue weighted by molar-refractivity contribution is 1.17. The summed E-state index contributed by atoms with van der Waals surface area (Å²) in [5, 5.41) is 5.36. The highest BCUT2D eigenvalue weighted by molar-refractivity contribution is 9.10. The lowest BCUT2D eigenvalue weighted by Crippen LogP contribution is -2.11. The maximum atomic E-state index is 5.53. The van der Waals surface area contributed by atoms with Gasteiger partial charge in [0.25, 0.3) is 0 Å². The summed E-state index contributed by atoms with van der Waals surface area (Å²) in [5.74, 6) is 0. The number of hydrogen-bond acceptors (Lipinski definition) is 4. The molecule has 3 nitrogen and oxygen atoms in total. The van der Waals surface area contributed by atoms with Crippen LogP contribution in [0.5, 0.6) is 0 Å². The predicted molar refractivity (Wildman–Crippen MR) is 79.5 cm³/mol. The van der Waals surface area contributed by atoms with Crippen molar-refractivity contribution < 1.29 is 0 Å². The third-order valence-electron chi connectivity index (χ3n) is 2.10. The lowest BCUT2D eigenvalue weighted by Gasteiger charge is -2.05. The Kier molecular flexibility index (Phi) is 4.09. The zero-order valence-electron chi connectivity index (χ0n) is 8.81. The molecule has 0 aliphatic heterocycles. The quantitative estimate of drug-likeness (QED) is 0.847. The molecule has 0 bridgehead atoms. The van der Waals surface area contributed by atoms with E-state index in [0.717, 1.165) is 16.7 Å². The standard InChI is InChI=1S/C11H10BrN3S2/c12-7-3-9(17-6-7)5-15-8-1-2-14-10(4-8)11(13)16/h1-4,6H,5H2,(H2,13,16)(H,14,15). The molecule has 2 aromatic rings. The molecule has 88 valence electrons. The molecule has 2 heterocycles. The summed E-state index contributed by atoms with van der Waals surface area (Å²) in [4.78, 5) is 5.65. The molecule has 0 unspecified atom stereocenters. The predicted octanol–water partition coefficient (Wildman–Crippen LogP) is 3.15. The molecule has 0 spiro atoms. The van der Waals surface area contributed by atoms with Crippen LogP contribution in [0.3, 0.4) is 0 Å². The number of thiophene rings is 1. The third-order valence-corrected chi connectivity index (χ3v) is 4.01. The van der Waals surface area contributed by atoms with Gasteiger partial charge in [-0.1, -0.05) is 12.2 Å². The molecule has 0 radical (unpaired) electrons. The number of pyridine rings is 1. The van der Waals surface area contributed by atoms with Gasteiger partial charge >= 0.3 is 0 Å². The largest absolute Gasteiger partial charge is 0.388 e. The van der Waals surface area contributed by atoms with Crippen molar-refractivity contribution in [1.82, 2.24) is 4.98 Å². The van der Waals surface area contributed by atoms with Gasteiger partial charge in [0.1, 0.15) is 4.99 Å². The number of nitrogens with zero attached hydrogens (tertiary/aromatic N) is 1. The molecular weight excluding hydrogens is 318 g/mol. The number of aromatic nitrogens is 1. The number of nitrogens with two attached hydrogens (primary N) is 1. The summed E-state index contributed by atoms with van der Waals surface area (Å²) >= 11 is 10.0. The Hall–Kier alpha value is -0.980. The molecular formula is C11H10BrN3S2. The number of rotatable bonds is 4. The average Bonchev–Trinajstić information content (AvgIpc) is 2.73. The Morgan fingerprint density at radius 1 is 1.53 bits per heavy atom. The van der Waals surface area contributed by atoms with E-state index in [1.54, 1.807) is 17.5 Å². The number of hydrogen-bond donors (Lipinski definition) is 2. The molecule has 2 aromatic heterocycles. The van der Waals surface area contributed by atoms with Crippen LogP contribution in [0, 0.1) is 0 Å². The van der Waals surface area contributed by atoms with Crippen molar-refractivity contribution in [2.24, 2.45) is 5.73 Å². The molecule has 0 saturated carbocycles. The molecule has 17 heavy (non-hydrogen) atoms. The molecule has 6 heteroatoms. The lowest BCUT2D eigenvalue weighted by atomic mass is 10.3. The SMILES string of the molecule is NC(=S)c1cc(NCc2cc(Br)cs2)ccn1. The van der Waals surface area contributed by atoms with Gasteiger partial charge in [-0.05, 0) is 34.1 Å². The molecule has 3 N–H and O–H groups in total. The van der Waals surface area contributed by atoms with Crippen LogP contribution in [0.4, 0.5) is 5.69 Å². The summed E-state index contributed by atoms with van der Waals surface area (Å²) in [7, 11) is 0. The summed E-state index contributed by atoms with van der Waals surface area (Å²) in [6, 6.07) is 5.84. The van der Waals surface area contributed by atoms with E-state index < -0.39 is 0 Å². The summed E-state index contributed by atoms with van der Waals surface area (Å²) in [6.07, 6.45) is 1.70. The van der Waals surface area contributed by atoms with Crippen LogP contribution in [0.2, 0.25) is 0 Å². The normalized spacial score (nSPS) is 10.2. The zero-order chi connectivity index (χ0) is 12.3. The van der Waals surface area contributed by atoms with Crippen LogP contribution in [0.15, 0.2) is 34.2 Å². The first-order valence-corrected chi connectivity index (χ1v) is 6.96. The maximum absolute atomic E-state index is 5.53. The smallest absolute Gasteiger partial charge is 0.122 e. The van der Waals surface area contributed by atoms with E-state index in [1.165, 1.54) is 4.88 Å². The molecule has 0 amide bonds. The summed E-state index contributed by atoms with van der Waals surface area (Å²) < 4.78 is 1.11. The first-order valence-electron chi connectivity index (χ1n) is 4.88. The highest BCUT2D eigenvalue weighted by atomic mass is 79.9. The highest BCUT2D eigenvalue weighted by Gasteiger charge is 2.01. The number of halogens is 1. The molecule has 0 atom stereocenters. The van der Waals surface area contributed by atoms with E-state index in [-0.39, 0.29) is 0 Å². The van der Waals surface area contributed by atoms with Gasteiger partial charge in [-0.3, -0.25) is 4.98 Å². The maximum Gasteiger partial charge on any atom is 0.122 e. The summed E-state index contributed by atoms with van der Waals surface area (Å²) in [5.41, 5.74) is 7.13. The van der Waals surface area contributed by atoms with Crippen LogP contribution in [-0.2, 0) is 6.54 Å². The Morgan fingerprint density at radius 2 is 2.35 bits per heavy atom. The van der Waals surface area contributed by atoms with E-state index in [4.69, 9.17) is 18.0 Å². The molecule has 0 aliphatic rings. The van der Waals surface area contributed by atoms with Gasteiger partial charge in [0.05, 0.1) is 5.69 Å². The van der Waals surface area contributed by atoms with Gasteiger partial charge in [0.2, 0.25) is 0 Å². The van der Waals surface area contributed by atoms with Crippen LogP contribution in [-0.4, -0.2) is 9.97 Å². The fourth-order valence-corrected chi connectivity index (χ4v) is 2.81. The molecule has 0 saturated heterocycles. The van der Waals surface area contributed by atoms with Crippen molar-refractivity contribution in [3.05, 3.63) is 44.8 Å². The monoisotopic (exact) mass is 327 g/mol. The Labute approximate surface area is 117 Å². The topological polar surface area (TPSA) is 50.9 Å². The van der Waals surface area contributed by atoms with Crippen molar-refractivity contribution >= 4 is 50.2 Å². The van der Waals surface area contributed by atoms with E-state index in [2.05, 4.69) is 37.7 Å². The van der Waals surface area contributed by atoms with Gasteiger partial charge in [0, 0.05) is 33.2 Å². The van der Waals surface area contributed by atoms with Gasteiger partial charge < -0.3 is 11.1 Å². The first kappa shape index (κ1) is 12.5. The fraction of sp³-hybridized carbons (Fsp3) is 0.0909. The van der Waals surface area contributed by atoms with E-state index in [1.807, 2.05) is 12.1 Å². The summed E-state index contributed by atoms with van der Waals surface area (Å²) in [6.45, 7) is 0.775. The number of nitrogens with one attached hydrogen (secondary N) is 1. The average molecular weight is 328 g/mol. The molecule has 0 aromatic carbocycles. The number of thiocarbonyl (C=S) groups is 1. The second kappa shape index (κ2) is 5.57. The van der Waals surface area contributed by atoms with Gasteiger partial charge in [-0.2, -0.15) is 0 Å². The Balaban J connectivity index is 2.04. The highest BCUT2D eigenvalue weighted by Crippen LogP contribution is 2.20. The minimum Gasteiger partial charge on any atom is -0.388 e. The van der Waals surface area contributed by atoms with Gasteiger partial charge in [-0.25, -0.2) is 0 Å². The van der Waals surface area contributed by atoms with Gasteiger partial charge in [-0.15, -0.1) is 11.3 Å². The zero-order valence-corrected chi connectivity index (χ0v) is 12.0. The van der Waals surface area contributed by atoms with Crippen molar-refractivity contribution in [2.75, 3.05) is 5.32 Å². The van der Waals surface area contributed by atoms with Crippen molar-refractivity contribution in [1.29, 1.82) is 0 Å². The van der Waals surface area contributed by atoms with Crippen LogP contribution in [0.25, 0.3) is 0 Å².